The zero-order chi connectivity index (χ0) is 24.9. The van der Waals surface area contributed by atoms with E-state index in [0.717, 1.165) is 21.7 Å². The number of para-hydroxylation sites is 1. The Morgan fingerprint density at radius 2 is 1.83 bits per heavy atom. The number of hydrogen-bond donors (Lipinski definition) is 1. The minimum atomic E-state index is -0.185. The second kappa shape index (κ2) is 11.2. The molecule has 0 aliphatic carbocycles. The van der Waals surface area contributed by atoms with Crippen molar-refractivity contribution in [2.45, 2.75) is 11.6 Å². The molecule has 0 saturated carbocycles. The number of nitrogens with one attached hydrogen (secondary N) is 1. The van der Waals surface area contributed by atoms with Gasteiger partial charge in [-0.2, -0.15) is 0 Å². The van der Waals surface area contributed by atoms with Crippen LogP contribution in [0.1, 0.15) is 10.4 Å². The molecule has 1 amide bonds. The normalized spacial score (nSPS) is 10.9. The molecule has 0 bridgehead atoms. The molecule has 0 radical (unpaired) electrons. The fraction of sp³-hybridized carbons (Fsp3) is 0.0800. The fourth-order valence-electron chi connectivity index (χ4n) is 3.46. The summed E-state index contributed by atoms with van der Waals surface area (Å²) in [6, 6.07) is 18.9. The maximum Gasteiger partial charge on any atom is 0.236 e. The van der Waals surface area contributed by atoms with E-state index >= 15 is 0 Å². The Kier molecular flexibility index (Phi) is 7.62. The van der Waals surface area contributed by atoms with Gasteiger partial charge in [-0.3, -0.25) is 14.3 Å². The lowest BCUT2D eigenvalue weighted by Gasteiger charge is -2.10. The van der Waals surface area contributed by atoms with Crippen LogP contribution >= 0.6 is 46.3 Å². The highest BCUT2D eigenvalue weighted by molar-refractivity contribution is 7.99. The number of amides is 1. The molecule has 0 aliphatic heterocycles. The van der Waals surface area contributed by atoms with E-state index in [1.807, 2.05) is 53.1 Å². The van der Waals surface area contributed by atoms with E-state index in [2.05, 4.69) is 25.5 Å². The molecule has 0 aliphatic rings. The van der Waals surface area contributed by atoms with Crippen molar-refractivity contribution in [3.63, 3.8) is 0 Å². The van der Waals surface area contributed by atoms with E-state index < -0.39 is 0 Å². The van der Waals surface area contributed by atoms with Crippen LogP contribution in [0.5, 0.6) is 0 Å². The van der Waals surface area contributed by atoms with Crippen LogP contribution in [0.15, 0.2) is 84.4 Å². The molecule has 7 nitrogen and oxygen atoms in total. The summed E-state index contributed by atoms with van der Waals surface area (Å²) in [4.78, 5) is 22.1. The summed E-state index contributed by atoms with van der Waals surface area (Å²) in [7, 11) is 0. The Bertz CT molecular complexity index is 1490. The molecule has 3 heterocycles. The zero-order valence-corrected chi connectivity index (χ0v) is 21.8. The van der Waals surface area contributed by atoms with Crippen LogP contribution in [-0.2, 0) is 11.2 Å². The van der Waals surface area contributed by atoms with Gasteiger partial charge in [0.1, 0.15) is 0 Å². The molecule has 36 heavy (non-hydrogen) atoms. The largest absolute Gasteiger partial charge is 0.301 e. The molecule has 0 saturated heterocycles. The quantitative estimate of drug-likeness (QED) is 0.224. The van der Waals surface area contributed by atoms with Crippen molar-refractivity contribution in [1.82, 2.24) is 24.7 Å². The molecule has 5 aromatic rings. The Morgan fingerprint density at radius 1 is 1.03 bits per heavy atom. The number of anilines is 1. The molecule has 180 valence electrons. The number of carbonyl (C=O) groups is 1. The van der Waals surface area contributed by atoms with Crippen LogP contribution in [-0.4, -0.2) is 36.4 Å². The first-order valence-corrected chi connectivity index (χ1v) is 13.3. The van der Waals surface area contributed by atoms with Gasteiger partial charge in [-0.25, -0.2) is 4.98 Å². The minimum Gasteiger partial charge on any atom is -0.301 e. The maximum atomic E-state index is 12.7. The van der Waals surface area contributed by atoms with Gasteiger partial charge in [-0.15, -0.1) is 21.5 Å². The molecule has 0 fully saturated rings. The molecule has 0 atom stereocenters. The number of carbonyl (C=O) groups excluding carboxylic acids is 1. The van der Waals surface area contributed by atoms with Gasteiger partial charge >= 0.3 is 0 Å². The van der Waals surface area contributed by atoms with Gasteiger partial charge in [0.05, 0.1) is 5.75 Å². The van der Waals surface area contributed by atoms with Gasteiger partial charge in [0.15, 0.2) is 16.1 Å². The van der Waals surface area contributed by atoms with E-state index in [1.165, 1.54) is 23.1 Å². The van der Waals surface area contributed by atoms with Crippen molar-refractivity contribution in [2.24, 2.45) is 0 Å². The molecular weight excluding hydrogens is 535 g/mol. The van der Waals surface area contributed by atoms with Crippen LogP contribution in [0.2, 0.25) is 10.0 Å². The van der Waals surface area contributed by atoms with E-state index in [4.69, 9.17) is 23.2 Å². The van der Waals surface area contributed by atoms with Crippen molar-refractivity contribution in [3.05, 3.63) is 99.7 Å². The number of hydrogen-bond acceptors (Lipinski definition) is 7. The number of thiazole rings is 1. The third kappa shape index (κ3) is 5.76. The molecular formula is C25H18Cl2N6OS2. The van der Waals surface area contributed by atoms with E-state index in [-0.39, 0.29) is 11.7 Å². The highest BCUT2D eigenvalue weighted by atomic mass is 35.5. The third-order valence-corrected chi connectivity index (χ3v) is 7.54. The molecule has 1 N–H and O–H groups in total. The standard InChI is InChI=1S/C25H18Cl2N6OS2/c26-18-6-7-21(27)17(12-18)13-20-14-29-24(36-20)30-22(34)15-35-25-32-31-23(16-8-10-28-11-9-16)33(25)19-4-2-1-3-5-19/h1-12,14H,13,15H2,(H,29,30,34). The van der Waals surface area contributed by atoms with Crippen LogP contribution in [0, 0.1) is 0 Å². The third-order valence-electron chi connectivity index (χ3n) is 5.09. The number of halogens is 2. The Hall–Kier alpha value is -3.24. The average molecular weight is 554 g/mol. The van der Waals surface area contributed by atoms with Gasteiger partial charge in [0.2, 0.25) is 5.91 Å². The lowest BCUT2D eigenvalue weighted by atomic mass is 10.1. The van der Waals surface area contributed by atoms with E-state index in [0.29, 0.717) is 32.6 Å². The van der Waals surface area contributed by atoms with Crippen molar-refractivity contribution in [1.29, 1.82) is 0 Å². The van der Waals surface area contributed by atoms with Crippen LogP contribution in [0.25, 0.3) is 17.1 Å². The number of benzene rings is 2. The van der Waals surface area contributed by atoms with Gasteiger partial charge in [0, 0.05) is 51.2 Å². The van der Waals surface area contributed by atoms with Crippen LogP contribution in [0.4, 0.5) is 5.13 Å². The average Bonchev–Trinajstić information content (AvgIpc) is 3.53. The highest BCUT2D eigenvalue weighted by Crippen LogP contribution is 2.29. The highest BCUT2D eigenvalue weighted by Gasteiger charge is 2.18. The lowest BCUT2D eigenvalue weighted by Crippen LogP contribution is -2.14. The summed E-state index contributed by atoms with van der Waals surface area (Å²) in [6.07, 6.45) is 5.74. The first-order valence-electron chi connectivity index (χ1n) is 10.8. The van der Waals surface area contributed by atoms with Crippen molar-refractivity contribution in [3.8, 4) is 17.1 Å². The molecule has 5 rings (SSSR count). The Morgan fingerprint density at radius 3 is 2.64 bits per heavy atom. The van der Waals surface area contributed by atoms with E-state index in [1.54, 1.807) is 30.7 Å². The zero-order valence-electron chi connectivity index (χ0n) is 18.6. The van der Waals surface area contributed by atoms with Crippen LogP contribution < -0.4 is 5.32 Å². The van der Waals surface area contributed by atoms with Crippen molar-refractivity contribution >= 4 is 57.3 Å². The molecule has 0 spiro atoms. The maximum absolute atomic E-state index is 12.7. The molecule has 3 aromatic heterocycles. The number of thioether (sulfide) groups is 1. The van der Waals surface area contributed by atoms with Gasteiger partial charge in [0.25, 0.3) is 0 Å². The minimum absolute atomic E-state index is 0.149. The Labute approximate surface area is 225 Å². The van der Waals surface area contributed by atoms with Gasteiger partial charge in [-0.1, -0.05) is 53.2 Å². The Balaban J connectivity index is 1.28. The monoisotopic (exact) mass is 552 g/mol. The summed E-state index contributed by atoms with van der Waals surface area (Å²) in [5.74, 6) is 0.640. The van der Waals surface area contributed by atoms with Crippen LogP contribution in [0.3, 0.4) is 0 Å². The van der Waals surface area contributed by atoms with E-state index in [9.17, 15) is 4.79 Å². The summed E-state index contributed by atoms with van der Waals surface area (Å²) >= 11 is 15.1. The number of nitrogens with zero attached hydrogens (tertiary/aromatic N) is 5. The molecule has 0 unspecified atom stereocenters. The smallest absolute Gasteiger partial charge is 0.236 e. The summed E-state index contributed by atoms with van der Waals surface area (Å²) < 4.78 is 1.93. The molecule has 11 heteroatoms. The van der Waals surface area contributed by atoms with Gasteiger partial charge in [-0.05, 0) is 48.0 Å². The predicted octanol–water partition coefficient (Wildman–Crippen LogP) is 6.41. The summed E-state index contributed by atoms with van der Waals surface area (Å²) in [5, 5.41) is 14.0. The summed E-state index contributed by atoms with van der Waals surface area (Å²) in [6.45, 7) is 0. The summed E-state index contributed by atoms with van der Waals surface area (Å²) in [5.41, 5.74) is 2.70. The first-order chi connectivity index (χ1) is 17.6. The van der Waals surface area contributed by atoms with Gasteiger partial charge < -0.3 is 5.32 Å². The number of pyridine rings is 1. The number of rotatable bonds is 8. The second-order valence-corrected chi connectivity index (χ2v) is 10.5. The van der Waals surface area contributed by atoms with Crippen molar-refractivity contribution < 1.29 is 4.79 Å². The predicted molar refractivity (Wildman–Crippen MR) is 145 cm³/mol. The molecule has 2 aromatic carbocycles. The fourth-order valence-corrected chi connectivity index (χ4v) is 5.44. The lowest BCUT2D eigenvalue weighted by molar-refractivity contribution is -0.113. The SMILES string of the molecule is O=C(CSc1nnc(-c2ccncc2)n1-c1ccccc1)Nc1ncc(Cc2cc(Cl)ccc2Cl)s1. The first kappa shape index (κ1) is 24.5. The van der Waals surface area contributed by atoms with Crippen molar-refractivity contribution in [2.75, 3.05) is 11.1 Å². The second-order valence-electron chi connectivity index (χ2n) is 7.59. The topological polar surface area (TPSA) is 85.6 Å². The number of aromatic nitrogens is 5.